The molecule has 0 aromatic heterocycles. The maximum Gasteiger partial charge on any atom is 0.128 e. The van der Waals surface area contributed by atoms with Crippen LogP contribution < -0.4 is 0 Å². The highest BCUT2D eigenvalue weighted by atomic mass is 16.3. The van der Waals surface area contributed by atoms with Gasteiger partial charge in [0.1, 0.15) is 5.75 Å². The van der Waals surface area contributed by atoms with Crippen LogP contribution in [0.3, 0.4) is 0 Å². The molecule has 21 heavy (non-hydrogen) atoms. The van der Waals surface area contributed by atoms with Crippen LogP contribution in [0, 0.1) is 0 Å². The van der Waals surface area contributed by atoms with Gasteiger partial charge in [0.2, 0.25) is 0 Å². The summed E-state index contributed by atoms with van der Waals surface area (Å²) in [6.07, 6.45) is 1.18. The second kappa shape index (κ2) is 6.18. The van der Waals surface area contributed by atoms with Crippen molar-refractivity contribution < 1.29 is 10.2 Å². The third kappa shape index (κ3) is 4.85. The molecule has 0 heterocycles. The molecule has 1 aromatic rings. The minimum atomic E-state index is -0.476. The molecule has 0 fully saturated rings. The quantitative estimate of drug-likeness (QED) is 0.833. The minimum absolute atomic E-state index is 0.000556. The van der Waals surface area contributed by atoms with Crippen LogP contribution >= 0.6 is 0 Å². The first-order chi connectivity index (χ1) is 9.43. The van der Waals surface area contributed by atoms with Crippen LogP contribution in [0.5, 0.6) is 5.75 Å². The second-order valence-corrected chi connectivity index (χ2v) is 7.80. The van der Waals surface area contributed by atoms with E-state index >= 15 is 0 Å². The Hall–Kier alpha value is -1.35. The molecule has 1 atom stereocenters. The minimum Gasteiger partial charge on any atom is -0.507 e. The first-order valence-electron chi connectivity index (χ1n) is 7.49. The van der Waals surface area contributed by atoms with E-state index in [0.29, 0.717) is 12.1 Å². The van der Waals surface area contributed by atoms with Crippen molar-refractivity contribution in [2.24, 2.45) is 4.99 Å². The Bertz CT molecular complexity index is 517. The molecule has 2 N–H and O–H groups in total. The molecule has 0 saturated carbocycles. The molecule has 1 rings (SSSR count). The number of aliphatic hydroxyl groups is 1. The number of rotatable bonds is 3. The second-order valence-electron chi connectivity index (χ2n) is 7.80. The average Bonchev–Trinajstić information content (AvgIpc) is 2.27. The van der Waals surface area contributed by atoms with Gasteiger partial charge in [0.15, 0.2) is 0 Å². The van der Waals surface area contributed by atoms with Gasteiger partial charge >= 0.3 is 0 Å². The summed E-state index contributed by atoms with van der Waals surface area (Å²) in [7, 11) is 0. The van der Waals surface area contributed by atoms with E-state index in [1.165, 1.54) is 5.56 Å². The van der Waals surface area contributed by atoms with Crippen LogP contribution in [0.25, 0.3) is 0 Å². The van der Waals surface area contributed by atoms with Gasteiger partial charge in [0.25, 0.3) is 0 Å². The first-order valence-corrected chi connectivity index (χ1v) is 7.49. The lowest BCUT2D eigenvalue weighted by molar-refractivity contribution is 0.204. The van der Waals surface area contributed by atoms with E-state index in [1.54, 1.807) is 13.1 Å². The zero-order chi connectivity index (χ0) is 16.4. The molecular weight excluding hydrogens is 262 g/mol. The topological polar surface area (TPSA) is 52.8 Å². The lowest BCUT2D eigenvalue weighted by Crippen LogP contribution is -2.17. The number of phenolic OH excluding ortho intramolecular Hbond substituents is 1. The Kier molecular flexibility index (Phi) is 5.21. The maximum absolute atomic E-state index is 10.5. The molecule has 0 unspecified atom stereocenters. The summed E-state index contributed by atoms with van der Waals surface area (Å²) in [5.74, 6) is 0.282. The molecule has 0 aliphatic heterocycles. The largest absolute Gasteiger partial charge is 0.507 e. The van der Waals surface area contributed by atoms with Crippen LogP contribution in [0.4, 0.5) is 0 Å². The van der Waals surface area contributed by atoms with Crippen molar-refractivity contribution in [3.8, 4) is 5.75 Å². The SMILES string of the molecule is C[C@@H](O)CN=Cc1cc(C(C)(C)C)cc(C(C)(C)C)c1O. The average molecular weight is 291 g/mol. The number of hydrogen-bond donors (Lipinski definition) is 2. The molecule has 3 heteroatoms. The first kappa shape index (κ1) is 17.7. The summed E-state index contributed by atoms with van der Waals surface area (Å²) in [6, 6.07) is 4.07. The van der Waals surface area contributed by atoms with Crippen molar-refractivity contribution in [2.45, 2.75) is 65.4 Å². The van der Waals surface area contributed by atoms with E-state index < -0.39 is 6.10 Å². The predicted molar refractivity (Wildman–Crippen MR) is 89.6 cm³/mol. The highest BCUT2D eigenvalue weighted by Crippen LogP contribution is 2.37. The third-order valence-electron chi connectivity index (χ3n) is 3.41. The van der Waals surface area contributed by atoms with Crippen molar-refractivity contribution in [3.63, 3.8) is 0 Å². The van der Waals surface area contributed by atoms with Crippen molar-refractivity contribution in [1.82, 2.24) is 0 Å². The van der Waals surface area contributed by atoms with E-state index in [0.717, 1.165) is 5.56 Å². The number of benzene rings is 1. The normalized spacial score (nSPS) is 14.7. The summed E-state index contributed by atoms with van der Waals surface area (Å²) in [5, 5.41) is 19.8. The lowest BCUT2D eigenvalue weighted by Gasteiger charge is -2.27. The van der Waals surface area contributed by atoms with Crippen LogP contribution in [0.2, 0.25) is 0 Å². The Morgan fingerprint density at radius 3 is 2.10 bits per heavy atom. The molecule has 0 amide bonds. The number of aromatic hydroxyl groups is 1. The van der Waals surface area contributed by atoms with Gasteiger partial charge in [-0.1, -0.05) is 47.6 Å². The van der Waals surface area contributed by atoms with E-state index in [9.17, 15) is 10.2 Å². The fourth-order valence-corrected chi connectivity index (χ4v) is 2.06. The monoisotopic (exact) mass is 291 g/mol. The summed E-state index contributed by atoms with van der Waals surface area (Å²) in [4.78, 5) is 4.21. The summed E-state index contributed by atoms with van der Waals surface area (Å²) >= 11 is 0. The van der Waals surface area contributed by atoms with E-state index in [2.05, 4.69) is 52.6 Å². The molecule has 118 valence electrons. The van der Waals surface area contributed by atoms with Gasteiger partial charge < -0.3 is 10.2 Å². The van der Waals surface area contributed by atoms with Crippen molar-refractivity contribution in [1.29, 1.82) is 0 Å². The molecule has 0 aliphatic rings. The number of aliphatic hydroxyl groups excluding tert-OH is 1. The van der Waals surface area contributed by atoms with E-state index in [1.807, 2.05) is 6.07 Å². The number of phenols is 1. The Morgan fingerprint density at radius 2 is 1.67 bits per heavy atom. The zero-order valence-electron chi connectivity index (χ0n) is 14.4. The van der Waals surface area contributed by atoms with Crippen molar-refractivity contribution in [2.75, 3.05) is 6.54 Å². The van der Waals surface area contributed by atoms with Gasteiger partial charge in [0.05, 0.1) is 12.6 Å². The molecular formula is C18H29NO2. The lowest BCUT2D eigenvalue weighted by atomic mass is 9.79. The molecule has 0 bridgehead atoms. The molecule has 0 aliphatic carbocycles. The molecule has 0 saturated heterocycles. The van der Waals surface area contributed by atoms with Crippen LogP contribution in [-0.4, -0.2) is 29.1 Å². The van der Waals surface area contributed by atoms with Crippen LogP contribution in [-0.2, 0) is 10.8 Å². The number of nitrogens with zero attached hydrogens (tertiary/aromatic N) is 1. The molecule has 3 nitrogen and oxygen atoms in total. The molecule has 1 aromatic carbocycles. The standard InChI is InChI=1S/C18H29NO2/c1-12(20)10-19-11-13-8-14(17(2,3)4)9-15(16(13)21)18(5,6)7/h8-9,11-12,20-21H,10H2,1-7H3/t12-/m1/s1. The van der Waals surface area contributed by atoms with Gasteiger partial charge in [-0.15, -0.1) is 0 Å². The fourth-order valence-electron chi connectivity index (χ4n) is 2.06. The van der Waals surface area contributed by atoms with Gasteiger partial charge in [-0.25, -0.2) is 0 Å². The zero-order valence-corrected chi connectivity index (χ0v) is 14.4. The third-order valence-corrected chi connectivity index (χ3v) is 3.41. The summed E-state index contributed by atoms with van der Waals surface area (Å²) in [6.45, 7) is 14.8. The fraction of sp³-hybridized carbons (Fsp3) is 0.611. The van der Waals surface area contributed by atoms with Crippen LogP contribution in [0.15, 0.2) is 17.1 Å². The van der Waals surface area contributed by atoms with E-state index in [4.69, 9.17) is 0 Å². The predicted octanol–water partition coefficient (Wildman–Crippen LogP) is 3.79. The number of aliphatic imine (C=N–C) groups is 1. The van der Waals surface area contributed by atoms with Gasteiger partial charge in [-0.2, -0.15) is 0 Å². The van der Waals surface area contributed by atoms with Gasteiger partial charge in [-0.05, 0) is 29.4 Å². The number of hydrogen-bond acceptors (Lipinski definition) is 3. The van der Waals surface area contributed by atoms with Crippen molar-refractivity contribution >= 4 is 6.21 Å². The Labute approximate surface area is 128 Å². The van der Waals surface area contributed by atoms with Crippen LogP contribution in [0.1, 0.15) is 65.2 Å². The summed E-state index contributed by atoms with van der Waals surface area (Å²) in [5.41, 5.74) is 2.67. The van der Waals surface area contributed by atoms with E-state index in [-0.39, 0.29) is 16.6 Å². The highest BCUT2D eigenvalue weighted by Gasteiger charge is 2.24. The maximum atomic E-state index is 10.5. The highest BCUT2D eigenvalue weighted by molar-refractivity contribution is 5.85. The van der Waals surface area contributed by atoms with Gasteiger partial charge in [0, 0.05) is 17.3 Å². The Morgan fingerprint density at radius 1 is 1.10 bits per heavy atom. The molecule has 0 radical (unpaired) electrons. The molecule has 0 spiro atoms. The summed E-state index contributed by atoms with van der Waals surface area (Å²) < 4.78 is 0. The van der Waals surface area contributed by atoms with Crippen molar-refractivity contribution in [3.05, 3.63) is 28.8 Å². The smallest absolute Gasteiger partial charge is 0.128 e. The van der Waals surface area contributed by atoms with Gasteiger partial charge in [-0.3, -0.25) is 4.99 Å². The Balaban J connectivity index is 3.39.